The van der Waals surface area contributed by atoms with E-state index in [1.165, 1.54) is 0 Å². The van der Waals surface area contributed by atoms with Crippen LogP contribution < -0.4 is 5.32 Å². The molecular weight excluding hydrogens is 298 g/mol. The number of carbonyl (C=O) groups is 1. The van der Waals surface area contributed by atoms with E-state index in [-0.39, 0.29) is 12.5 Å². The molecule has 1 amide bonds. The maximum absolute atomic E-state index is 11.6. The van der Waals surface area contributed by atoms with Crippen LogP contribution in [-0.4, -0.2) is 32.1 Å². The van der Waals surface area contributed by atoms with Crippen molar-refractivity contribution in [3.05, 3.63) is 51.3 Å². The Kier molecular flexibility index (Phi) is 4.83. The first-order valence-electron chi connectivity index (χ1n) is 6.09. The highest BCUT2D eigenvalue weighted by atomic mass is 35.5. The average molecular weight is 310 g/mol. The summed E-state index contributed by atoms with van der Waals surface area (Å²) in [5, 5.41) is 17.3. The summed E-state index contributed by atoms with van der Waals surface area (Å²) in [6.45, 7) is 0.346. The van der Waals surface area contributed by atoms with Crippen LogP contribution in [0.25, 0.3) is 0 Å². The Labute approximate surface area is 124 Å². The van der Waals surface area contributed by atoms with Gasteiger partial charge in [-0.1, -0.05) is 28.7 Å². The first-order chi connectivity index (χ1) is 10.0. The van der Waals surface area contributed by atoms with Gasteiger partial charge in [0.2, 0.25) is 12.2 Å². The first kappa shape index (κ1) is 14.9. The molecule has 0 aliphatic rings. The van der Waals surface area contributed by atoms with Gasteiger partial charge in [0.15, 0.2) is 0 Å². The molecule has 0 saturated heterocycles. The van der Waals surface area contributed by atoms with E-state index in [1.54, 1.807) is 12.1 Å². The van der Waals surface area contributed by atoms with E-state index in [4.69, 9.17) is 11.6 Å². The molecular formula is C12H12ClN5O3. The van der Waals surface area contributed by atoms with E-state index in [1.807, 2.05) is 12.1 Å². The molecule has 8 nitrogen and oxygen atoms in total. The molecule has 2 rings (SSSR count). The normalized spacial score (nSPS) is 10.3. The van der Waals surface area contributed by atoms with Gasteiger partial charge in [-0.3, -0.25) is 4.79 Å². The number of halogens is 1. The van der Waals surface area contributed by atoms with Crippen molar-refractivity contribution in [3.8, 4) is 0 Å². The van der Waals surface area contributed by atoms with Gasteiger partial charge in [-0.15, -0.1) is 0 Å². The van der Waals surface area contributed by atoms with E-state index in [9.17, 15) is 14.9 Å². The summed E-state index contributed by atoms with van der Waals surface area (Å²) in [6, 6.07) is 7.34. The number of carbonyl (C=O) groups excluding carboxylic acids is 1. The summed E-state index contributed by atoms with van der Waals surface area (Å²) < 4.78 is 1.12. The third-order valence-electron chi connectivity index (χ3n) is 2.64. The molecule has 0 bridgehead atoms. The van der Waals surface area contributed by atoms with Gasteiger partial charge in [-0.05, 0) is 29.0 Å². The van der Waals surface area contributed by atoms with Gasteiger partial charge < -0.3 is 15.4 Å². The van der Waals surface area contributed by atoms with Crippen LogP contribution in [0.1, 0.15) is 5.56 Å². The largest absolute Gasteiger partial charge is 0.490 e. The molecule has 0 aliphatic heterocycles. The lowest BCUT2D eigenvalue weighted by Crippen LogP contribution is -2.29. The molecule has 1 aromatic heterocycles. The lowest BCUT2D eigenvalue weighted by Gasteiger charge is -2.04. The van der Waals surface area contributed by atoms with Crippen LogP contribution in [0.2, 0.25) is 5.02 Å². The average Bonchev–Trinajstić information content (AvgIpc) is 2.90. The Morgan fingerprint density at radius 1 is 1.38 bits per heavy atom. The minimum Gasteiger partial charge on any atom is -0.390 e. The zero-order valence-electron chi connectivity index (χ0n) is 10.9. The Morgan fingerprint density at radius 3 is 2.71 bits per heavy atom. The second-order valence-corrected chi connectivity index (χ2v) is 4.66. The Balaban J connectivity index is 1.76. The van der Waals surface area contributed by atoms with Gasteiger partial charge in [-0.25, -0.2) is 0 Å². The molecule has 0 saturated carbocycles. The summed E-state index contributed by atoms with van der Waals surface area (Å²) >= 11 is 5.78. The fourth-order valence-corrected chi connectivity index (χ4v) is 1.77. The van der Waals surface area contributed by atoms with Crippen LogP contribution in [0.3, 0.4) is 0 Å². The number of benzene rings is 1. The predicted molar refractivity (Wildman–Crippen MR) is 74.8 cm³/mol. The molecule has 1 N–H and O–H groups in total. The van der Waals surface area contributed by atoms with E-state index in [0.717, 1.165) is 16.6 Å². The maximum Gasteiger partial charge on any atom is 0.490 e. The summed E-state index contributed by atoms with van der Waals surface area (Å²) in [7, 11) is 0. The highest BCUT2D eigenvalue weighted by molar-refractivity contribution is 6.30. The quantitative estimate of drug-likeness (QED) is 0.638. The molecule has 0 unspecified atom stereocenters. The van der Waals surface area contributed by atoms with Gasteiger partial charge >= 0.3 is 5.95 Å². The molecule has 0 radical (unpaired) electrons. The molecule has 9 heteroatoms. The highest BCUT2D eigenvalue weighted by Gasteiger charge is 2.14. The monoisotopic (exact) mass is 309 g/mol. The third-order valence-corrected chi connectivity index (χ3v) is 2.89. The number of nitrogens with zero attached hydrogens (tertiary/aromatic N) is 4. The molecule has 2 aromatic rings. The topological polar surface area (TPSA) is 103 Å². The molecule has 0 fully saturated rings. The van der Waals surface area contributed by atoms with Crippen molar-refractivity contribution in [1.29, 1.82) is 0 Å². The third kappa shape index (κ3) is 4.53. The van der Waals surface area contributed by atoms with Crippen molar-refractivity contribution < 1.29 is 9.72 Å². The lowest BCUT2D eigenvalue weighted by molar-refractivity contribution is -0.394. The van der Waals surface area contributed by atoms with E-state index in [0.29, 0.717) is 18.0 Å². The summed E-state index contributed by atoms with van der Waals surface area (Å²) in [6.07, 6.45) is 1.82. The predicted octanol–water partition coefficient (Wildman–Crippen LogP) is 1.20. The zero-order valence-corrected chi connectivity index (χ0v) is 11.7. The molecule has 0 spiro atoms. The number of amides is 1. The van der Waals surface area contributed by atoms with Gasteiger partial charge in [0.25, 0.3) is 0 Å². The minimum atomic E-state index is -0.713. The molecule has 0 aliphatic carbocycles. The Bertz CT molecular complexity index is 641. The van der Waals surface area contributed by atoms with Gasteiger partial charge in [0, 0.05) is 16.7 Å². The summed E-state index contributed by atoms with van der Waals surface area (Å²) in [5.74, 6) is -0.812. The molecule has 1 heterocycles. The Hall–Kier alpha value is -2.48. The second kappa shape index (κ2) is 6.80. The SMILES string of the molecule is O=C(Cn1cnc([N+](=O)[O-])n1)NCCc1ccc(Cl)cc1. The fraction of sp³-hybridized carbons (Fsp3) is 0.250. The number of nitro groups is 1. The van der Waals surface area contributed by atoms with Gasteiger partial charge in [-0.2, -0.15) is 4.68 Å². The standard InChI is InChI=1S/C12H12ClN5O3/c13-10-3-1-9(2-4-10)5-6-14-11(19)7-17-8-15-12(16-17)18(20)21/h1-4,8H,5-7H2,(H,14,19). The van der Waals surface area contributed by atoms with Crippen LogP contribution in [-0.2, 0) is 17.8 Å². The molecule has 21 heavy (non-hydrogen) atoms. The highest BCUT2D eigenvalue weighted by Crippen LogP contribution is 2.09. The van der Waals surface area contributed by atoms with E-state index < -0.39 is 10.9 Å². The van der Waals surface area contributed by atoms with Crippen LogP contribution in [0.5, 0.6) is 0 Å². The maximum atomic E-state index is 11.6. The number of rotatable bonds is 6. The number of nitrogens with one attached hydrogen (secondary N) is 1. The van der Waals surface area contributed by atoms with E-state index >= 15 is 0 Å². The lowest BCUT2D eigenvalue weighted by atomic mass is 10.1. The van der Waals surface area contributed by atoms with E-state index in [2.05, 4.69) is 15.4 Å². The smallest absolute Gasteiger partial charge is 0.390 e. The van der Waals surface area contributed by atoms with Crippen molar-refractivity contribution in [2.75, 3.05) is 6.54 Å². The second-order valence-electron chi connectivity index (χ2n) is 4.23. The van der Waals surface area contributed by atoms with Crippen molar-refractivity contribution in [2.45, 2.75) is 13.0 Å². The van der Waals surface area contributed by atoms with Crippen molar-refractivity contribution >= 4 is 23.5 Å². The van der Waals surface area contributed by atoms with Crippen molar-refractivity contribution in [1.82, 2.24) is 20.1 Å². The number of hydrogen-bond acceptors (Lipinski definition) is 5. The number of hydrogen-bond donors (Lipinski definition) is 1. The van der Waals surface area contributed by atoms with Crippen LogP contribution in [0.4, 0.5) is 5.95 Å². The van der Waals surface area contributed by atoms with Crippen molar-refractivity contribution in [2.24, 2.45) is 0 Å². The van der Waals surface area contributed by atoms with Gasteiger partial charge in [0.05, 0.1) is 0 Å². The summed E-state index contributed by atoms with van der Waals surface area (Å²) in [5.41, 5.74) is 1.05. The summed E-state index contributed by atoms with van der Waals surface area (Å²) in [4.78, 5) is 24.8. The molecule has 110 valence electrons. The molecule has 1 aromatic carbocycles. The number of aromatic nitrogens is 3. The Morgan fingerprint density at radius 2 is 2.10 bits per heavy atom. The van der Waals surface area contributed by atoms with Crippen LogP contribution in [0.15, 0.2) is 30.6 Å². The first-order valence-corrected chi connectivity index (χ1v) is 6.47. The van der Waals surface area contributed by atoms with Crippen LogP contribution >= 0.6 is 11.6 Å². The fourth-order valence-electron chi connectivity index (χ4n) is 1.65. The van der Waals surface area contributed by atoms with Crippen molar-refractivity contribution in [3.63, 3.8) is 0 Å². The van der Waals surface area contributed by atoms with Crippen LogP contribution in [0, 0.1) is 10.1 Å². The minimum absolute atomic E-state index is 0.110. The zero-order chi connectivity index (χ0) is 15.2. The molecule has 0 atom stereocenters. The van der Waals surface area contributed by atoms with Gasteiger partial charge in [0.1, 0.15) is 6.54 Å².